The molecule has 0 spiro atoms. The maximum atomic E-state index is 12.8. The number of ether oxygens (including phenoxy) is 2. The number of benzene rings is 2. The highest BCUT2D eigenvalue weighted by Gasteiger charge is 2.16. The molecule has 0 aliphatic rings. The van der Waals surface area contributed by atoms with Crippen molar-refractivity contribution in [1.29, 1.82) is 0 Å². The number of hydrogen-bond acceptors (Lipinski definition) is 5. The number of nitrogens with one attached hydrogen (secondary N) is 1. The third-order valence-electron chi connectivity index (χ3n) is 4.58. The molecule has 0 bridgehead atoms. The van der Waals surface area contributed by atoms with Crippen LogP contribution >= 0.6 is 0 Å². The van der Waals surface area contributed by atoms with E-state index in [0.717, 1.165) is 40.0 Å². The van der Waals surface area contributed by atoms with Crippen LogP contribution in [0.1, 0.15) is 35.7 Å². The van der Waals surface area contributed by atoms with Crippen LogP contribution in [0.3, 0.4) is 0 Å². The number of rotatable bonds is 9. The molecule has 5 heteroatoms. The van der Waals surface area contributed by atoms with Crippen LogP contribution in [0.5, 0.6) is 5.75 Å². The van der Waals surface area contributed by atoms with Gasteiger partial charge in [-0.1, -0.05) is 25.1 Å². The summed E-state index contributed by atoms with van der Waals surface area (Å²) in [6.45, 7) is 5.02. The fourth-order valence-electron chi connectivity index (χ4n) is 3.06. The Labute approximate surface area is 165 Å². The molecule has 1 aromatic heterocycles. The normalized spacial score (nSPS) is 10.8. The van der Waals surface area contributed by atoms with Gasteiger partial charge in [0.15, 0.2) is 5.78 Å². The van der Waals surface area contributed by atoms with Gasteiger partial charge in [-0.15, -0.1) is 0 Å². The zero-order valence-corrected chi connectivity index (χ0v) is 16.6. The summed E-state index contributed by atoms with van der Waals surface area (Å²) in [5.41, 5.74) is 4.25. The number of hydrogen-bond donors (Lipinski definition) is 1. The molecule has 3 aromatic rings. The maximum Gasteiger partial charge on any atom is 0.166 e. The molecule has 0 atom stereocenters. The van der Waals surface area contributed by atoms with E-state index in [9.17, 15) is 4.79 Å². The summed E-state index contributed by atoms with van der Waals surface area (Å²) in [6, 6.07) is 13.8. The Balaban J connectivity index is 2.10. The van der Waals surface area contributed by atoms with Crippen molar-refractivity contribution in [2.24, 2.45) is 0 Å². The number of fused-ring (bicyclic) bond motifs is 1. The summed E-state index contributed by atoms with van der Waals surface area (Å²) in [6.07, 6.45) is 2.95. The van der Waals surface area contributed by atoms with Crippen molar-refractivity contribution in [3.05, 3.63) is 59.8 Å². The van der Waals surface area contributed by atoms with Gasteiger partial charge in [0, 0.05) is 30.8 Å². The molecule has 2 aromatic carbocycles. The van der Waals surface area contributed by atoms with E-state index in [1.807, 2.05) is 56.3 Å². The van der Waals surface area contributed by atoms with E-state index < -0.39 is 0 Å². The number of aryl methyl sites for hydroxylation is 1. The second-order valence-corrected chi connectivity index (χ2v) is 6.68. The summed E-state index contributed by atoms with van der Waals surface area (Å²) in [7, 11) is 1.64. The van der Waals surface area contributed by atoms with Gasteiger partial charge in [-0.25, -0.2) is 0 Å². The fraction of sp³-hybridized carbons (Fsp3) is 0.304. The molecule has 146 valence electrons. The first kappa shape index (κ1) is 19.8. The van der Waals surface area contributed by atoms with Crippen LogP contribution in [0, 0.1) is 6.92 Å². The molecule has 0 aliphatic carbocycles. The van der Waals surface area contributed by atoms with Crippen molar-refractivity contribution in [3.63, 3.8) is 0 Å². The van der Waals surface area contributed by atoms with Crippen LogP contribution < -0.4 is 10.1 Å². The van der Waals surface area contributed by atoms with Crippen molar-refractivity contribution in [2.45, 2.75) is 26.7 Å². The van der Waals surface area contributed by atoms with E-state index in [1.54, 1.807) is 13.3 Å². The van der Waals surface area contributed by atoms with Gasteiger partial charge in [-0.3, -0.25) is 9.78 Å². The second kappa shape index (κ2) is 9.33. The van der Waals surface area contributed by atoms with Crippen LogP contribution in [-0.2, 0) is 4.74 Å². The molecule has 1 N–H and O–H groups in total. The van der Waals surface area contributed by atoms with E-state index >= 15 is 0 Å². The van der Waals surface area contributed by atoms with Gasteiger partial charge >= 0.3 is 0 Å². The van der Waals surface area contributed by atoms with E-state index in [1.165, 1.54) is 0 Å². The molecule has 0 unspecified atom stereocenters. The Morgan fingerprint density at radius 3 is 2.71 bits per heavy atom. The highest BCUT2D eigenvalue weighted by atomic mass is 16.5. The lowest BCUT2D eigenvalue weighted by Crippen LogP contribution is -2.07. The number of nitrogens with zero attached hydrogens (tertiary/aromatic N) is 1. The summed E-state index contributed by atoms with van der Waals surface area (Å²) in [5, 5.41) is 4.34. The first-order chi connectivity index (χ1) is 13.6. The molecule has 0 aliphatic heterocycles. The Morgan fingerprint density at radius 1 is 1.14 bits per heavy atom. The molecule has 5 nitrogen and oxygen atoms in total. The number of para-hydroxylation sites is 1. The van der Waals surface area contributed by atoms with Gasteiger partial charge in [0.1, 0.15) is 12.4 Å². The summed E-state index contributed by atoms with van der Waals surface area (Å²) < 4.78 is 10.8. The summed E-state index contributed by atoms with van der Waals surface area (Å²) in [5.74, 6) is 0.804. The topological polar surface area (TPSA) is 60.5 Å². The molecule has 0 saturated carbocycles. The number of ketones is 1. The van der Waals surface area contributed by atoms with E-state index in [-0.39, 0.29) is 5.78 Å². The maximum absolute atomic E-state index is 12.8. The Kier molecular flexibility index (Phi) is 6.61. The number of methoxy groups -OCH3 is 1. The van der Waals surface area contributed by atoms with Crippen molar-refractivity contribution < 1.29 is 14.3 Å². The predicted molar refractivity (Wildman–Crippen MR) is 113 cm³/mol. The van der Waals surface area contributed by atoms with E-state index in [4.69, 9.17) is 9.47 Å². The molecule has 0 radical (unpaired) electrons. The van der Waals surface area contributed by atoms with Crippen LogP contribution in [0.25, 0.3) is 10.9 Å². The van der Waals surface area contributed by atoms with Crippen molar-refractivity contribution >= 4 is 28.1 Å². The molecule has 0 fully saturated rings. The molecule has 28 heavy (non-hydrogen) atoms. The van der Waals surface area contributed by atoms with Gasteiger partial charge < -0.3 is 14.8 Å². The molecular weight excluding hydrogens is 352 g/mol. The van der Waals surface area contributed by atoms with Gasteiger partial charge in [0.25, 0.3) is 0 Å². The number of carbonyl (C=O) groups is 1. The minimum absolute atomic E-state index is 0.0821. The van der Waals surface area contributed by atoms with Crippen LogP contribution in [-0.4, -0.2) is 31.1 Å². The van der Waals surface area contributed by atoms with Crippen LogP contribution in [0.15, 0.2) is 48.7 Å². The monoisotopic (exact) mass is 378 g/mol. The van der Waals surface area contributed by atoms with Gasteiger partial charge in [0.05, 0.1) is 23.4 Å². The Bertz CT molecular complexity index is 969. The lowest BCUT2D eigenvalue weighted by Gasteiger charge is -2.16. The van der Waals surface area contributed by atoms with Crippen LogP contribution in [0.4, 0.5) is 11.4 Å². The van der Waals surface area contributed by atoms with Crippen LogP contribution in [0.2, 0.25) is 0 Å². The minimum Gasteiger partial charge on any atom is -0.491 e. The third kappa shape index (κ3) is 4.49. The van der Waals surface area contributed by atoms with Crippen molar-refractivity contribution in [1.82, 2.24) is 4.98 Å². The smallest absolute Gasteiger partial charge is 0.166 e. The third-order valence-corrected chi connectivity index (χ3v) is 4.58. The second-order valence-electron chi connectivity index (χ2n) is 6.68. The van der Waals surface area contributed by atoms with Gasteiger partial charge in [-0.05, 0) is 43.2 Å². The Morgan fingerprint density at radius 2 is 1.96 bits per heavy atom. The zero-order valence-electron chi connectivity index (χ0n) is 16.6. The van der Waals surface area contributed by atoms with Gasteiger partial charge in [0.2, 0.25) is 0 Å². The van der Waals surface area contributed by atoms with E-state index in [0.29, 0.717) is 25.2 Å². The average Bonchev–Trinajstić information content (AvgIpc) is 2.70. The number of aromatic nitrogens is 1. The van der Waals surface area contributed by atoms with Crippen molar-refractivity contribution in [2.75, 3.05) is 25.6 Å². The number of pyridine rings is 1. The highest BCUT2D eigenvalue weighted by Crippen LogP contribution is 2.33. The first-order valence-corrected chi connectivity index (χ1v) is 9.54. The first-order valence-electron chi connectivity index (χ1n) is 9.54. The molecule has 0 saturated heterocycles. The summed E-state index contributed by atoms with van der Waals surface area (Å²) in [4.78, 5) is 17.3. The largest absolute Gasteiger partial charge is 0.491 e. The quantitative estimate of drug-likeness (QED) is 0.405. The zero-order chi connectivity index (χ0) is 19.9. The van der Waals surface area contributed by atoms with Crippen molar-refractivity contribution in [3.8, 4) is 5.75 Å². The average molecular weight is 378 g/mol. The SMILES string of the molecule is CCCC(=O)c1cnc2ccc(OCCOC)cc2c1Nc1ccccc1C. The van der Waals surface area contributed by atoms with Gasteiger partial charge in [-0.2, -0.15) is 0 Å². The highest BCUT2D eigenvalue weighted by molar-refractivity contribution is 6.09. The standard InChI is InChI=1S/C23H26N2O3/c1-4-7-22(26)19-15-24-21-11-10-17(28-13-12-27-3)14-18(21)23(19)25-20-9-6-5-8-16(20)2/h5-6,8-11,14-15H,4,7,12-13H2,1-3H3,(H,24,25). The lowest BCUT2D eigenvalue weighted by molar-refractivity contribution is 0.0982. The Hall–Kier alpha value is -2.92. The number of Topliss-reactive ketones (excluding diaryl/α,β-unsaturated/α-hetero) is 1. The fourth-order valence-corrected chi connectivity index (χ4v) is 3.06. The minimum atomic E-state index is 0.0821. The number of carbonyl (C=O) groups excluding carboxylic acids is 1. The molecule has 1 heterocycles. The molecule has 0 amide bonds. The molecule has 3 rings (SSSR count). The predicted octanol–water partition coefficient (Wildman–Crippen LogP) is 5.29. The van der Waals surface area contributed by atoms with E-state index in [2.05, 4.69) is 10.3 Å². The lowest BCUT2D eigenvalue weighted by atomic mass is 10.0. The molecular formula is C23H26N2O3. The summed E-state index contributed by atoms with van der Waals surface area (Å²) >= 11 is 0. The number of anilines is 2.